The van der Waals surface area contributed by atoms with E-state index in [1.807, 2.05) is 27.7 Å². The molecular weight excluding hydrogens is 302 g/mol. The Morgan fingerprint density at radius 2 is 1.85 bits per heavy atom. The maximum atomic E-state index is 13.4. The van der Waals surface area contributed by atoms with Crippen molar-refractivity contribution in [1.29, 1.82) is 0 Å². The van der Waals surface area contributed by atoms with Gasteiger partial charge in [0.25, 0.3) is 5.92 Å². The molecule has 1 aromatic rings. The van der Waals surface area contributed by atoms with Gasteiger partial charge in [-0.2, -0.15) is 0 Å². The van der Waals surface area contributed by atoms with Gasteiger partial charge in [-0.3, -0.25) is 4.21 Å². The Labute approximate surface area is 126 Å². The Hall–Kier alpha value is -0.490. The van der Waals surface area contributed by atoms with Gasteiger partial charge in [0.05, 0.1) is 21.6 Å². The van der Waals surface area contributed by atoms with E-state index in [0.29, 0.717) is 32.9 Å². The van der Waals surface area contributed by atoms with Crippen molar-refractivity contribution in [2.75, 3.05) is 12.9 Å². The van der Waals surface area contributed by atoms with E-state index < -0.39 is 16.7 Å². The zero-order valence-electron chi connectivity index (χ0n) is 12.6. The summed E-state index contributed by atoms with van der Waals surface area (Å²) in [5, 5.41) is 0.529. The predicted molar refractivity (Wildman–Crippen MR) is 80.7 cm³/mol. The van der Waals surface area contributed by atoms with Gasteiger partial charge in [0.1, 0.15) is 0 Å². The average Bonchev–Trinajstić information content (AvgIpc) is 2.82. The van der Waals surface area contributed by atoms with Crippen LogP contribution < -0.4 is 4.74 Å². The Morgan fingerprint density at radius 1 is 1.30 bits per heavy atom. The lowest BCUT2D eigenvalue weighted by molar-refractivity contribution is 0.0123. The molecule has 1 heterocycles. The lowest BCUT2D eigenvalue weighted by Gasteiger charge is -2.10. The summed E-state index contributed by atoms with van der Waals surface area (Å²) in [5.41, 5.74) is 1.11. The Bertz CT molecular complexity index is 482. The fourth-order valence-corrected chi connectivity index (χ4v) is 4.15. The van der Waals surface area contributed by atoms with Crippen molar-refractivity contribution < 1.29 is 17.7 Å². The first-order chi connectivity index (χ1) is 9.30. The number of fused-ring (bicyclic) bond motifs is 1. The first-order valence-corrected chi connectivity index (χ1v) is 9.16. The molecule has 1 aromatic heterocycles. The van der Waals surface area contributed by atoms with Gasteiger partial charge in [-0.15, -0.1) is 0 Å². The van der Waals surface area contributed by atoms with Crippen LogP contribution in [-0.4, -0.2) is 23.0 Å². The number of hydrogen-bond donors (Lipinski definition) is 0. The summed E-state index contributed by atoms with van der Waals surface area (Å²) in [6.07, 6.45) is 0.928. The minimum absolute atomic E-state index is 0.288. The number of ether oxygens (including phenoxy) is 1. The van der Waals surface area contributed by atoms with Gasteiger partial charge in [-0.25, -0.2) is 8.78 Å². The molecule has 1 aliphatic rings. The second kappa shape index (κ2) is 6.98. The summed E-state index contributed by atoms with van der Waals surface area (Å²) < 4.78 is 44.6. The molecule has 1 aliphatic carbocycles. The van der Waals surface area contributed by atoms with Crippen LogP contribution in [0.5, 0.6) is 5.06 Å². The molecule has 6 heteroatoms. The van der Waals surface area contributed by atoms with Crippen molar-refractivity contribution in [2.24, 2.45) is 5.92 Å². The third-order valence-electron chi connectivity index (χ3n) is 2.72. The van der Waals surface area contributed by atoms with Gasteiger partial charge >= 0.3 is 0 Å². The summed E-state index contributed by atoms with van der Waals surface area (Å²) >= 11 is 1.26. The van der Waals surface area contributed by atoms with Gasteiger partial charge in [-0.1, -0.05) is 39.0 Å². The topological polar surface area (TPSA) is 26.3 Å². The second-order valence-corrected chi connectivity index (χ2v) is 7.56. The molecule has 0 radical (unpaired) electrons. The average molecular weight is 324 g/mol. The first-order valence-electron chi connectivity index (χ1n) is 6.79. The molecule has 0 aromatic carbocycles. The minimum Gasteiger partial charge on any atom is -0.483 e. The molecule has 116 valence electrons. The minimum atomic E-state index is -2.72. The quantitative estimate of drug-likeness (QED) is 0.826. The molecule has 0 amide bonds. The van der Waals surface area contributed by atoms with Crippen LogP contribution in [0.1, 0.15) is 38.8 Å². The normalized spacial score (nSPS) is 17.4. The Morgan fingerprint density at radius 3 is 2.35 bits per heavy atom. The van der Waals surface area contributed by atoms with E-state index in [-0.39, 0.29) is 12.8 Å². The van der Waals surface area contributed by atoms with E-state index >= 15 is 0 Å². The summed E-state index contributed by atoms with van der Waals surface area (Å²) in [5.74, 6) is -2.39. The van der Waals surface area contributed by atoms with Crippen LogP contribution in [-0.2, 0) is 23.6 Å². The van der Waals surface area contributed by atoms with Crippen LogP contribution in [0.25, 0.3) is 0 Å². The van der Waals surface area contributed by atoms with Gasteiger partial charge in [-0.05, 0) is 11.5 Å². The lowest BCUT2D eigenvalue weighted by atomic mass is 10.2. The third kappa shape index (κ3) is 4.01. The van der Waals surface area contributed by atoms with Crippen LogP contribution in [0, 0.1) is 5.92 Å². The highest BCUT2D eigenvalue weighted by Crippen LogP contribution is 2.47. The van der Waals surface area contributed by atoms with Crippen LogP contribution in [0.15, 0.2) is 4.21 Å². The molecule has 0 spiro atoms. The van der Waals surface area contributed by atoms with Crippen LogP contribution >= 0.6 is 11.3 Å². The third-order valence-corrected chi connectivity index (χ3v) is 5.43. The van der Waals surface area contributed by atoms with Crippen molar-refractivity contribution in [3.05, 3.63) is 11.1 Å². The van der Waals surface area contributed by atoms with E-state index in [1.54, 1.807) is 0 Å². The van der Waals surface area contributed by atoms with Crippen LogP contribution in [0.4, 0.5) is 8.78 Å². The number of halogens is 2. The molecule has 0 N–H and O–H groups in total. The molecule has 20 heavy (non-hydrogen) atoms. The zero-order valence-corrected chi connectivity index (χ0v) is 14.2. The largest absolute Gasteiger partial charge is 0.483 e. The fourth-order valence-electron chi connectivity index (χ4n) is 1.98. The Kier molecular flexibility index (Phi) is 6.13. The molecule has 0 fully saturated rings. The predicted octanol–water partition coefficient (Wildman–Crippen LogP) is 4.28. The maximum absolute atomic E-state index is 13.4. The van der Waals surface area contributed by atoms with E-state index in [0.717, 1.165) is 0 Å². The number of thiophene rings is 1. The van der Waals surface area contributed by atoms with E-state index in [4.69, 9.17) is 4.74 Å². The molecule has 1 unspecified atom stereocenters. The lowest BCUT2D eigenvalue weighted by Crippen LogP contribution is -2.15. The van der Waals surface area contributed by atoms with E-state index in [2.05, 4.69) is 0 Å². The van der Waals surface area contributed by atoms with Crippen molar-refractivity contribution in [2.45, 2.75) is 50.7 Å². The van der Waals surface area contributed by atoms with Crippen LogP contribution in [0.2, 0.25) is 0 Å². The molecule has 0 saturated carbocycles. The summed E-state index contributed by atoms with van der Waals surface area (Å²) in [4.78, 5) is 0. The number of alkyl halides is 2. The molecule has 2 nitrogen and oxygen atoms in total. The second-order valence-electron chi connectivity index (χ2n) is 5.00. The maximum Gasteiger partial charge on any atom is 0.256 e. The van der Waals surface area contributed by atoms with Gasteiger partial charge < -0.3 is 4.74 Å². The summed E-state index contributed by atoms with van der Waals surface area (Å²) in [6, 6.07) is 0. The molecular formula is C14H22F2O2S2. The van der Waals surface area contributed by atoms with Crippen molar-refractivity contribution in [3.8, 4) is 5.06 Å². The highest BCUT2D eigenvalue weighted by atomic mass is 32.2. The fraction of sp³-hybridized carbons (Fsp3) is 0.714. The molecule has 0 aliphatic heterocycles. The van der Waals surface area contributed by atoms with Crippen molar-refractivity contribution in [3.63, 3.8) is 0 Å². The monoisotopic (exact) mass is 324 g/mol. The highest BCUT2D eigenvalue weighted by molar-refractivity contribution is 7.86. The zero-order chi connectivity index (χ0) is 15.5. The summed E-state index contributed by atoms with van der Waals surface area (Å²) in [6.45, 7) is 8.50. The Balaban J connectivity index is 0.000000956. The molecule has 0 bridgehead atoms. The SMILES string of the molecule is CC.CC(C)COc1sc(S(C)=O)c2c1CC(F)(F)C2. The number of hydrogen-bond acceptors (Lipinski definition) is 3. The highest BCUT2D eigenvalue weighted by Gasteiger charge is 2.42. The van der Waals surface area contributed by atoms with Gasteiger partial charge in [0, 0.05) is 24.7 Å². The summed E-state index contributed by atoms with van der Waals surface area (Å²) in [7, 11) is -1.23. The van der Waals surface area contributed by atoms with E-state index in [1.165, 1.54) is 17.6 Å². The number of rotatable bonds is 4. The van der Waals surface area contributed by atoms with Crippen molar-refractivity contribution in [1.82, 2.24) is 0 Å². The smallest absolute Gasteiger partial charge is 0.256 e. The van der Waals surface area contributed by atoms with Gasteiger partial charge in [0.15, 0.2) is 5.06 Å². The molecule has 0 saturated heterocycles. The van der Waals surface area contributed by atoms with Crippen LogP contribution in [0.3, 0.4) is 0 Å². The molecule has 1 atom stereocenters. The van der Waals surface area contributed by atoms with E-state index in [9.17, 15) is 13.0 Å². The molecule has 2 rings (SSSR count). The van der Waals surface area contributed by atoms with Crippen molar-refractivity contribution >= 4 is 22.1 Å². The van der Waals surface area contributed by atoms with Gasteiger partial charge in [0.2, 0.25) is 0 Å². The standard InChI is InChI=1S/C12H16F2O2S2.C2H6/c1-7(2)6-16-10-8-4-12(13,14)5-9(8)11(17-10)18(3)15;1-2/h7H,4-6H2,1-3H3;1-2H3. The first kappa shape index (κ1) is 17.6.